The van der Waals surface area contributed by atoms with E-state index in [0.717, 1.165) is 0 Å². The number of aromatic nitrogens is 3. The molecule has 8 heteroatoms. The Kier molecular flexibility index (Phi) is 3.59. The first kappa shape index (κ1) is 15.3. The van der Waals surface area contributed by atoms with Gasteiger partial charge in [0.05, 0.1) is 0 Å². The Bertz CT molecular complexity index is 599. The molecule has 2 rings (SSSR count). The Labute approximate surface area is 119 Å². The van der Waals surface area contributed by atoms with E-state index in [2.05, 4.69) is 10.3 Å². The summed E-state index contributed by atoms with van der Waals surface area (Å²) in [4.78, 5) is 0. The van der Waals surface area contributed by atoms with Crippen molar-refractivity contribution in [1.29, 1.82) is 0 Å². The normalized spacial score (nSPS) is 15.2. The minimum absolute atomic E-state index is 0.684. The standard InChI is InChI=1S/C12H22FN6P/c1-16(2)20(13,17(3)4,18(5)6)19-12-10-8-7-9-11(12)14-15-19/h7-10H,1-6H3. The maximum atomic E-state index is 16.6. The number of nitrogens with zero attached hydrogens (tertiary/aromatic N) is 6. The van der Waals surface area contributed by atoms with Gasteiger partial charge in [-0.2, -0.15) is 0 Å². The molecule has 0 N–H and O–H groups in total. The second kappa shape index (κ2) is 4.70. The number of fused-ring (bicyclic) bond motifs is 1. The molecule has 1 aromatic heterocycles. The number of para-hydroxylation sites is 1. The van der Waals surface area contributed by atoms with Gasteiger partial charge in [0.15, 0.2) is 0 Å². The van der Waals surface area contributed by atoms with Gasteiger partial charge in [-0.25, -0.2) is 0 Å². The van der Waals surface area contributed by atoms with Gasteiger partial charge in [-0.1, -0.05) is 0 Å². The van der Waals surface area contributed by atoms with E-state index in [9.17, 15) is 0 Å². The van der Waals surface area contributed by atoms with E-state index < -0.39 is 7.52 Å². The first-order valence-electron chi connectivity index (χ1n) is 6.33. The fraction of sp³-hybridized carbons (Fsp3) is 0.500. The Morgan fingerprint density at radius 3 is 1.95 bits per heavy atom. The summed E-state index contributed by atoms with van der Waals surface area (Å²) in [5, 5.41) is 8.23. The number of hydrogen-bond acceptors (Lipinski definition) is 5. The molecule has 2 aromatic rings. The summed E-state index contributed by atoms with van der Waals surface area (Å²) in [7, 11) is 6.11. The summed E-state index contributed by atoms with van der Waals surface area (Å²) in [6.07, 6.45) is 0. The Hall–Kier alpha value is -1.14. The predicted molar refractivity (Wildman–Crippen MR) is 82.0 cm³/mol. The van der Waals surface area contributed by atoms with E-state index in [1.54, 1.807) is 56.3 Å². The van der Waals surface area contributed by atoms with E-state index in [-0.39, 0.29) is 0 Å². The van der Waals surface area contributed by atoms with Gasteiger partial charge in [0.25, 0.3) is 0 Å². The van der Waals surface area contributed by atoms with Gasteiger partial charge >= 0.3 is 118 Å². The summed E-state index contributed by atoms with van der Waals surface area (Å²) in [6, 6.07) is 7.41. The summed E-state index contributed by atoms with van der Waals surface area (Å²) < 4.78 is 22.9. The third kappa shape index (κ3) is 1.64. The van der Waals surface area contributed by atoms with Gasteiger partial charge in [0.1, 0.15) is 0 Å². The molecule has 0 aliphatic carbocycles. The van der Waals surface area contributed by atoms with Crippen LogP contribution >= 0.6 is 7.52 Å². The Morgan fingerprint density at radius 1 is 0.950 bits per heavy atom. The van der Waals surface area contributed by atoms with Crippen LogP contribution < -0.4 is 0 Å². The van der Waals surface area contributed by atoms with Crippen molar-refractivity contribution < 1.29 is 4.20 Å². The first-order chi connectivity index (χ1) is 9.24. The van der Waals surface area contributed by atoms with Crippen LogP contribution in [0.5, 0.6) is 0 Å². The number of hydrogen-bond donors (Lipinski definition) is 0. The van der Waals surface area contributed by atoms with E-state index in [1.807, 2.05) is 24.3 Å². The third-order valence-corrected chi connectivity index (χ3v) is 8.80. The van der Waals surface area contributed by atoms with Crippen molar-refractivity contribution in [3.05, 3.63) is 24.3 Å². The maximum absolute atomic E-state index is 16.6. The fourth-order valence-corrected chi connectivity index (χ4v) is 6.57. The second-order valence-electron chi connectivity index (χ2n) is 5.35. The molecule has 0 atom stereocenters. The van der Waals surface area contributed by atoms with Crippen molar-refractivity contribution in [3.8, 4) is 0 Å². The monoisotopic (exact) mass is 300 g/mol. The summed E-state index contributed by atoms with van der Waals surface area (Å²) >= 11 is 0. The molecule has 1 aromatic carbocycles. The van der Waals surface area contributed by atoms with Crippen LogP contribution in [0.1, 0.15) is 0 Å². The Morgan fingerprint density at radius 2 is 1.45 bits per heavy atom. The van der Waals surface area contributed by atoms with Gasteiger partial charge in [-0.3, -0.25) is 0 Å². The third-order valence-electron chi connectivity index (χ3n) is 3.72. The molecule has 1 heterocycles. The molecule has 0 saturated heterocycles. The van der Waals surface area contributed by atoms with Crippen LogP contribution in [0.4, 0.5) is 4.20 Å². The van der Waals surface area contributed by atoms with Gasteiger partial charge in [-0.15, -0.1) is 0 Å². The van der Waals surface area contributed by atoms with Crippen molar-refractivity contribution in [2.75, 3.05) is 42.3 Å². The summed E-state index contributed by atoms with van der Waals surface area (Å²) in [6.45, 7) is 0. The zero-order chi connectivity index (χ0) is 15.2. The molecule has 0 spiro atoms. The van der Waals surface area contributed by atoms with Crippen molar-refractivity contribution in [1.82, 2.24) is 28.8 Å². The average Bonchev–Trinajstić information content (AvgIpc) is 2.81. The topological polar surface area (TPSA) is 40.4 Å². The molecule has 0 saturated carbocycles. The van der Waals surface area contributed by atoms with E-state index >= 15 is 4.20 Å². The molecule has 0 radical (unpaired) electrons. The first-order valence-corrected chi connectivity index (χ1v) is 8.26. The van der Waals surface area contributed by atoms with E-state index in [1.165, 1.54) is 4.45 Å². The zero-order valence-corrected chi connectivity index (χ0v) is 13.7. The van der Waals surface area contributed by atoms with Crippen molar-refractivity contribution in [2.45, 2.75) is 0 Å². The van der Waals surface area contributed by atoms with E-state index in [4.69, 9.17) is 0 Å². The molecule has 6 nitrogen and oxygen atoms in total. The number of rotatable bonds is 4. The molecule has 0 fully saturated rings. The quantitative estimate of drug-likeness (QED) is 0.808. The molecule has 0 bridgehead atoms. The molecule has 0 unspecified atom stereocenters. The SMILES string of the molecule is CN(C)P(F)(N(C)C)(N(C)C)n1nnc2ccccc21. The molecule has 0 amide bonds. The molecular formula is C12H22FN6P. The second-order valence-corrected chi connectivity index (χ2v) is 9.81. The van der Waals surface area contributed by atoms with E-state index in [0.29, 0.717) is 11.0 Å². The zero-order valence-electron chi connectivity index (χ0n) is 12.8. The number of halogens is 1. The fourth-order valence-electron chi connectivity index (χ4n) is 2.69. The van der Waals surface area contributed by atoms with Crippen molar-refractivity contribution >= 4 is 18.6 Å². The van der Waals surface area contributed by atoms with Gasteiger partial charge in [-0.05, 0) is 0 Å². The van der Waals surface area contributed by atoms with Crippen LogP contribution in [0, 0.1) is 0 Å². The molecular weight excluding hydrogens is 278 g/mol. The van der Waals surface area contributed by atoms with Gasteiger partial charge < -0.3 is 0 Å². The van der Waals surface area contributed by atoms with Crippen LogP contribution in [0.15, 0.2) is 24.3 Å². The van der Waals surface area contributed by atoms with Crippen LogP contribution in [0.2, 0.25) is 0 Å². The van der Waals surface area contributed by atoms with Crippen molar-refractivity contribution in [3.63, 3.8) is 0 Å². The van der Waals surface area contributed by atoms with Crippen LogP contribution in [-0.2, 0) is 0 Å². The molecule has 0 aliphatic rings. The molecule has 0 aliphatic heterocycles. The van der Waals surface area contributed by atoms with Crippen LogP contribution in [0.25, 0.3) is 11.0 Å². The average molecular weight is 300 g/mol. The molecule has 20 heavy (non-hydrogen) atoms. The summed E-state index contributed by atoms with van der Waals surface area (Å²) in [5.41, 5.74) is 1.37. The van der Waals surface area contributed by atoms with Crippen molar-refractivity contribution in [2.24, 2.45) is 0 Å². The number of benzene rings is 1. The molecule has 112 valence electrons. The minimum atomic E-state index is -4.27. The Balaban J connectivity index is 2.89. The van der Waals surface area contributed by atoms with Gasteiger partial charge in [0, 0.05) is 0 Å². The van der Waals surface area contributed by atoms with Crippen LogP contribution in [0.3, 0.4) is 0 Å². The van der Waals surface area contributed by atoms with Crippen LogP contribution in [-0.4, -0.2) is 71.1 Å². The predicted octanol–water partition coefficient (Wildman–Crippen LogP) is 2.06. The van der Waals surface area contributed by atoms with Gasteiger partial charge in [0.2, 0.25) is 0 Å². The summed E-state index contributed by atoms with van der Waals surface area (Å²) in [5.74, 6) is 0.